The zero-order chi connectivity index (χ0) is 32.1. The summed E-state index contributed by atoms with van der Waals surface area (Å²) in [6.07, 6.45) is -0.772. The van der Waals surface area contributed by atoms with E-state index in [4.69, 9.17) is 23.4 Å². The second-order valence-corrected chi connectivity index (χ2v) is 19.0. The highest BCUT2D eigenvalue weighted by Crippen LogP contribution is 2.41. The number of ether oxygens (including phenoxy) is 4. The maximum absolute atomic E-state index is 12.9. The summed E-state index contributed by atoms with van der Waals surface area (Å²) in [6.45, 7) is 13.4. The Hall–Kier alpha value is -2.49. The number of alkyl halides is 1. The maximum atomic E-state index is 12.9. The van der Waals surface area contributed by atoms with Crippen molar-refractivity contribution < 1.29 is 28.2 Å². The number of rotatable bonds is 11. The lowest BCUT2D eigenvalue weighted by atomic mass is 9.83. The molecule has 0 amide bonds. The van der Waals surface area contributed by atoms with Crippen LogP contribution in [0.3, 0.4) is 0 Å². The van der Waals surface area contributed by atoms with E-state index in [9.17, 15) is 4.79 Å². The van der Waals surface area contributed by atoms with Gasteiger partial charge in [0.15, 0.2) is 6.29 Å². The molecule has 1 fully saturated rings. The van der Waals surface area contributed by atoms with Crippen LogP contribution in [0.4, 0.5) is 0 Å². The average Bonchev–Trinajstić information content (AvgIpc) is 3.02. The van der Waals surface area contributed by atoms with Crippen LogP contribution >= 0.6 is 15.9 Å². The predicted molar refractivity (Wildman–Crippen MR) is 181 cm³/mol. The highest BCUT2D eigenvalue weighted by Gasteiger charge is 2.53. The molecule has 0 saturated carbocycles. The second-order valence-electron chi connectivity index (χ2n) is 13.0. The molecule has 0 radical (unpaired) electrons. The van der Waals surface area contributed by atoms with Crippen LogP contribution < -0.4 is 15.1 Å². The normalized spacial score (nSPS) is 22.9. The van der Waals surface area contributed by atoms with Gasteiger partial charge < -0.3 is 23.4 Å². The lowest BCUT2D eigenvalue weighted by Crippen LogP contribution is -2.67. The standard InChI is InChI=1S/C36H47BrO6Si/c1-25(24-41-44(35(3,4)5,29-15-11-9-12-16-29)30-17-13-10-14-18-30)32-26(2)33(36(6,37)34(38)40-8)43-31(42-32)23-27-19-21-28(39-7)22-20-27/h9-22,25-26,31-33H,23-24H2,1-8H3/t25-,26+,31?,32+,33-,36?/m0/s1. The van der Waals surface area contributed by atoms with Crippen LogP contribution in [-0.2, 0) is 29.9 Å². The number of benzene rings is 3. The lowest BCUT2D eigenvalue weighted by Gasteiger charge is -2.48. The molecule has 1 aliphatic rings. The molecule has 6 atom stereocenters. The number of carbonyl (C=O) groups excluding carboxylic acids is 1. The molecule has 0 aromatic heterocycles. The highest BCUT2D eigenvalue weighted by atomic mass is 79.9. The number of esters is 1. The molecule has 1 saturated heterocycles. The molecule has 3 aromatic rings. The molecule has 1 aliphatic heterocycles. The summed E-state index contributed by atoms with van der Waals surface area (Å²) in [5.41, 5.74) is 1.05. The average molecular weight is 684 g/mol. The summed E-state index contributed by atoms with van der Waals surface area (Å²) in [7, 11) is 0.309. The van der Waals surface area contributed by atoms with Gasteiger partial charge in [-0.15, -0.1) is 0 Å². The van der Waals surface area contributed by atoms with Crippen molar-refractivity contribution in [2.75, 3.05) is 20.8 Å². The molecule has 4 rings (SSSR count). The summed E-state index contributed by atoms with van der Waals surface area (Å²) in [6, 6.07) is 29.2. The lowest BCUT2D eigenvalue weighted by molar-refractivity contribution is -0.280. The first-order valence-corrected chi connectivity index (χ1v) is 18.0. The fourth-order valence-corrected chi connectivity index (χ4v) is 11.9. The van der Waals surface area contributed by atoms with Crippen molar-refractivity contribution in [1.82, 2.24) is 0 Å². The van der Waals surface area contributed by atoms with Crippen molar-refractivity contribution in [3.05, 3.63) is 90.5 Å². The van der Waals surface area contributed by atoms with Gasteiger partial charge in [-0.25, -0.2) is 0 Å². The van der Waals surface area contributed by atoms with E-state index in [1.54, 1.807) is 7.11 Å². The van der Waals surface area contributed by atoms with Crippen LogP contribution in [0.25, 0.3) is 0 Å². The number of hydrogen-bond donors (Lipinski definition) is 0. The van der Waals surface area contributed by atoms with Crippen LogP contribution in [0.2, 0.25) is 5.04 Å². The Morgan fingerprint density at radius 2 is 1.43 bits per heavy atom. The summed E-state index contributed by atoms with van der Waals surface area (Å²) < 4.78 is 30.0. The molecule has 6 nitrogen and oxygen atoms in total. The number of halogens is 1. The monoisotopic (exact) mass is 682 g/mol. The zero-order valence-corrected chi connectivity index (χ0v) is 29.8. The third-order valence-corrected chi connectivity index (χ3v) is 14.6. The SMILES string of the molecule is COC(=O)C(C)(Br)[C@H]1OC(Cc2ccc(OC)cc2)O[C@H]([C@@H](C)CO[Si](c2ccccc2)(c2ccccc2)C(C)(C)C)[C@H]1C. The topological polar surface area (TPSA) is 63.2 Å². The Labute approximate surface area is 272 Å². The molecule has 8 heteroatoms. The number of methoxy groups -OCH3 is 2. The quantitative estimate of drug-likeness (QED) is 0.130. The van der Waals surface area contributed by atoms with E-state index in [1.165, 1.54) is 17.5 Å². The molecule has 0 aliphatic carbocycles. The Morgan fingerprint density at radius 1 is 0.886 bits per heavy atom. The Morgan fingerprint density at radius 3 is 1.91 bits per heavy atom. The summed E-state index contributed by atoms with van der Waals surface area (Å²) in [5.74, 6) is 0.270. The number of carbonyl (C=O) groups is 1. The fourth-order valence-electron chi connectivity index (χ4n) is 6.54. The van der Waals surface area contributed by atoms with Gasteiger partial charge in [0.25, 0.3) is 8.32 Å². The molecule has 0 spiro atoms. The number of hydrogen-bond acceptors (Lipinski definition) is 6. The van der Waals surface area contributed by atoms with Gasteiger partial charge in [-0.05, 0) is 40.0 Å². The maximum Gasteiger partial charge on any atom is 0.325 e. The Kier molecular flexibility index (Phi) is 11.2. The smallest absolute Gasteiger partial charge is 0.325 e. The molecule has 0 bridgehead atoms. The zero-order valence-electron chi connectivity index (χ0n) is 27.2. The van der Waals surface area contributed by atoms with Gasteiger partial charge in [0, 0.05) is 24.9 Å². The molecule has 0 N–H and O–H groups in total. The minimum absolute atomic E-state index is 0.00244. The van der Waals surface area contributed by atoms with Gasteiger partial charge >= 0.3 is 5.97 Å². The van der Waals surface area contributed by atoms with Crippen molar-refractivity contribution in [2.45, 2.75) is 75.8 Å². The van der Waals surface area contributed by atoms with Crippen LogP contribution in [0.15, 0.2) is 84.9 Å². The third-order valence-electron chi connectivity index (χ3n) is 8.82. The van der Waals surface area contributed by atoms with Crippen LogP contribution in [0.1, 0.15) is 47.1 Å². The molecule has 3 aromatic carbocycles. The first-order chi connectivity index (χ1) is 20.8. The largest absolute Gasteiger partial charge is 0.497 e. The van der Waals surface area contributed by atoms with E-state index < -0.39 is 25.0 Å². The van der Waals surface area contributed by atoms with Crippen LogP contribution in [0, 0.1) is 11.8 Å². The van der Waals surface area contributed by atoms with Gasteiger partial charge in [-0.3, -0.25) is 4.79 Å². The third kappa shape index (κ3) is 7.15. The van der Waals surface area contributed by atoms with Crippen molar-refractivity contribution >= 4 is 40.6 Å². The van der Waals surface area contributed by atoms with Crippen molar-refractivity contribution in [3.8, 4) is 5.75 Å². The van der Waals surface area contributed by atoms with Crippen molar-refractivity contribution in [1.29, 1.82) is 0 Å². The summed E-state index contributed by atoms with van der Waals surface area (Å²) >= 11 is 3.68. The van der Waals surface area contributed by atoms with E-state index in [0.717, 1.165) is 11.3 Å². The van der Waals surface area contributed by atoms with Gasteiger partial charge in [0.2, 0.25) is 0 Å². The fraction of sp³-hybridized carbons (Fsp3) is 0.472. The molecular weight excluding hydrogens is 636 g/mol. The van der Waals surface area contributed by atoms with Gasteiger partial charge in [-0.2, -0.15) is 0 Å². The predicted octanol–water partition coefficient (Wildman–Crippen LogP) is 6.52. The van der Waals surface area contributed by atoms with Crippen LogP contribution in [-0.4, -0.2) is 57.9 Å². The van der Waals surface area contributed by atoms with E-state index in [1.807, 2.05) is 31.2 Å². The Bertz CT molecular complexity index is 1300. The summed E-state index contributed by atoms with van der Waals surface area (Å²) in [4.78, 5) is 12.9. The summed E-state index contributed by atoms with van der Waals surface area (Å²) in [5, 5.41) is 2.33. The molecule has 1 heterocycles. The highest BCUT2D eigenvalue weighted by molar-refractivity contribution is 9.10. The van der Waals surface area contributed by atoms with E-state index in [2.05, 4.69) is 111 Å². The second kappa shape index (κ2) is 14.3. The molecular formula is C36H47BrO6Si. The minimum Gasteiger partial charge on any atom is -0.497 e. The van der Waals surface area contributed by atoms with E-state index >= 15 is 0 Å². The van der Waals surface area contributed by atoms with Gasteiger partial charge in [0.05, 0.1) is 26.4 Å². The Balaban J connectivity index is 1.67. The molecule has 238 valence electrons. The van der Waals surface area contributed by atoms with Crippen molar-refractivity contribution in [3.63, 3.8) is 0 Å². The molecule has 2 unspecified atom stereocenters. The van der Waals surface area contributed by atoms with Crippen LogP contribution in [0.5, 0.6) is 5.75 Å². The van der Waals surface area contributed by atoms with Crippen molar-refractivity contribution in [2.24, 2.45) is 11.8 Å². The van der Waals surface area contributed by atoms with E-state index in [-0.39, 0.29) is 28.9 Å². The van der Waals surface area contributed by atoms with Gasteiger partial charge in [-0.1, -0.05) is 123 Å². The molecule has 44 heavy (non-hydrogen) atoms. The van der Waals surface area contributed by atoms with Gasteiger partial charge in [0.1, 0.15) is 10.1 Å². The van der Waals surface area contributed by atoms with E-state index in [0.29, 0.717) is 13.0 Å². The minimum atomic E-state index is -2.74. The first-order valence-electron chi connectivity index (χ1n) is 15.3. The first kappa shape index (κ1) is 34.4.